The van der Waals surface area contributed by atoms with Crippen molar-refractivity contribution >= 4 is 35.2 Å². The topological polar surface area (TPSA) is 142 Å². The third kappa shape index (κ3) is 18.6. The number of fused-ring (bicyclic) bond motifs is 1. The summed E-state index contributed by atoms with van der Waals surface area (Å²) >= 11 is 1.59. The van der Waals surface area contributed by atoms with Crippen molar-refractivity contribution in [3.63, 3.8) is 0 Å². The van der Waals surface area contributed by atoms with Gasteiger partial charge in [-0.05, 0) is 53.4 Å². The molecule has 0 fully saturated rings. The van der Waals surface area contributed by atoms with E-state index < -0.39 is 16.6 Å². The molecule has 322 valence electrons. The fraction of sp³-hybridized carbons (Fsp3) is 0.814. The van der Waals surface area contributed by atoms with Crippen molar-refractivity contribution in [1.82, 2.24) is 0 Å². The SMILES string of the molecule is CCCCCC(=O)OCC(C)(COC(=O)CCCCC)OCC1(COC(C)(COC(=O)CCCCC)COC(=O)CCCCC)COc2c(C)sc(C)c2OC1. The van der Waals surface area contributed by atoms with Gasteiger partial charge >= 0.3 is 23.9 Å². The molecule has 0 unspecified atom stereocenters. The zero-order chi connectivity index (χ0) is 41.5. The number of hydrogen-bond donors (Lipinski definition) is 0. The molecule has 1 aromatic heterocycles. The molecule has 0 spiro atoms. The molecule has 0 saturated heterocycles. The van der Waals surface area contributed by atoms with E-state index in [1.54, 1.807) is 25.2 Å². The first-order valence-electron chi connectivity index (χ1n) is 21.0. The van der Waals surface area contributed by atoms with E-state index in [0.29, 0.717) is 11.5 Å². The van der Waals surface area contributed by atoms with Crippen LogP contribution in [-0.2, 0) is 47.6 Å². The van der Waals surface area contributed by atoms with Crippen LogP contribution in [0.3, 0.4) is 0 Å². The number of rotatable bonds is 30. The predicted molar refractivity (Wildman–Crippen MR) is 216 cm³/mol. The van der Waals surface area contributed by atoms with Crippen molar-refractivity contribution in [2.45, 2.75) is 169 Å². The second-order valence-electron chi connectivity index (χ2n) is 15.9. The Morgan fingerprint density at radius 2 is 0.821 bits per heavy atom. The van der Waals surface area contributed by atoms with E-state index in [-0.39, 0.29) is 102 Å². The van der Waals surface area contributed by atoms with E-state index in [1.807, 2.05) is 13.8 Å². The van der Waals surface area contributed by atoms with Gasteiger partial charge in [-0.15, -0.1) is 11.3 Å². The lowest BCUT2D eigenvalue weighted by Gasteiger charge is -2.38. The van der Waals surface area contributed by atoms with Gasteiger partial charge in [0.15, 0.2) is 11.5 Å². The number of thiophene rings is 1. The minimum Gasteiger partial charge on any atom is -0.488 e. The van der Waals surface area contributed by atoms with Gasteiger partial charge in [0.05, 0.1) is 18.6 Å². The van der Waals surface area contributed by atoms with Crippen LogP contribution in [0.2, 0.25) is 0 Å². The van der Waals surface area contributed by atoms with Gasteiger partial charge in [-0.25, -0.2) is 0 Å². The van der Waals surface area contributed by atoms with E-state index >= 15 is 0 Å². The third-order valence-corrected chi connectivity index (χ3v) is 10.7. The van der Waals surface area contributed by atoms with Crippen LogP contribution >= 0.6 is 11.3 Å². The summed E-state index contributed by atoms with van der Waals surface area (Å²) in [6.07, 6.45) is 11.6. The molecule has 2 rings (SSSR count). The molecule has 12 nitrogen and oxygen atoms in total. The maximum atomic E-state index is 12.7. The Balaban J connectivity index is 2.36. The molecular formula is C43H72O12S. The molecule has 1 aromatic rings. The fourth-order valence-electron chi connectivity index (χ4n) is 5.88. The summed E-state index contributed by atoms with van der Waals surface area (Å²) in [5.74, 6) is -0.0719. The van der Waals surface area contributed by atoms with Gasteiger partial charge in [0.1, 0.15) is 50.8 Å². The number of carbonyl (C=O) groups excluding carboxylic acids is 4. The van der Waals surface area contributed by atoms with Gasteiger partial charge in [-0.3, -0.25) is 19.2 Å². The molecule has 0 saturated carbocycles. The second kappa shape index (κ2) is 26.2. The van der Waals surface area contributed by atoms with E-state index in [4.69, 9.17) is 37.9 Å². The van der Waals surface area contributed by atoms with Crippen LogP contribution in [0.4, 0.5) is 0 Å². The Labute approximate surface area is 340 Å². The first-order valence-corrected chi connectivity index (χ1v) is 21.8. The zero-order valence-electron chi connectivity index (χ0n) is 35.8. The first-order chi connectivity index (χ1) is 26.7. The van der Waals surface area contributed by atoms with E-state index in [0.717, 1.165) is 86.8 Å². The average molecular weight is 813 g/mol. The van der Waals surface area contributed by atoms with Crippen LogP contribution in [0, 0.1) is 19.3 Å². The van der Waals surface area contributed by atoms with Crippen LogP contribution < -0.4 is 9.47 Å². The van der Waals surface area contributed by atoms with Crippen molar-refractivity contribution in [3.05, 3.63) is 9.75 Å². The molecule has 0 radical (unpaired) electrons. The van der Waals surface area contributed by atoms with Crippen LogP contribution in [0.1, 0.15) is 154 Å². The summed E-state index contributed by atoms with van der Waals surface area (Å²) in [5.41, 5.74) is -3.37. The Morgan fingerprint density at radius 1 is 0.536 bits per heavy atom. The Hall–Kier alpha value is -2.90. The summed E-state index contributed by atoms with van der Waals surface area (Å²) in [6, 6.07) is 0. The molecule has 56 heavy (non-hydrogen) atoms. The highest BCUT2D eigenvalue weighted by molar-refractivity contribution is 7.12. The molecule has 0 amide bonds. The lowest BCUT2D eigenvalue weighted by molar-refractivity contribution is -0.195. The van der Waals surface area contributed by atoms with Crippen LogP contribution in [0.15, 0.2) is 0 Å². The summed E-state index contributed by atoms with van der Waals surface area (Å²) in [5, 5.41) is 0. The van der Waals surface area contributed by atoms with Gasteiger partial charge < -0.3 is 37.9 Å². The summed E-state index contributed by atoms with van der Waals surface area (Å²) < 4.78 is 48.9. The lowest BCUT2D eigenvalue weighted by atomic mass is 9.91. The van der Waals surface area contributed by atoms with Crippen LogP contribution in [0.25, 0.3) is 0 Å². The van der Waals surface area contributed by atoms with E-state index in [2.05, 4.69) is 27.7 Å². The molecule has 0 aliphatic carbocycles. The minimum absolute atomic E-state index is 0.000239. The van der Waals surface area contributed by atoms with Crippen molar-refractivity contribution in [3.8, 4) is 11.5 Å². The highest BCUT2D eigenvalue weighted by Gasteiger charge is 2.43. The van der Waals surface area contributed by atoms with Crippen LogP contribution in [0.5, 0.6) is 11.5 Å². The number of esters is 4. The van der Waals surface area contributed by atoms with Gasteiger partial charge in [-0.2, -0.15) is 0 Å². The molecule has 0 aromatic carbocycles. The van der Waals surface area contributed by atoms with Gasteiger partial charge in [0.2, 0.25) is 0 Å². The fourth-order valence-corrected chi connectivity index (χ4v) is 6.83. The highest BCUT2D eigenvalue weighted by atomic mass is 32.1. The number of ether oxygens (including phenoxy) is 8. The third-order valence-electron chi connectivity index (χ3n) is 9.74. The monoisotopic (exact) mass is 812 g/mol. The smallest absolute Gasteiger partial charge is 0.305 e. The molecule has 1 aliphatic rings. The molecule has 13 heteroatoms. The normalized spacial score (nSPS) is 13.9. The van der Waals surface area contributed by atoms with Crippen molar-refractivity contribution < 1.29 is 57.1 Å². The minimum atomic E-state index is -1.21. The highest BCUT2D eigenvalue weighted by Crippen LogP contribution is 2.45. The predicted octanol–water partition coefficient (Wildman–Crippen LogP) is 9.17. The average Bonchev–Trinajstić information content (AvgIpc) is 3.31. The molecule has 0 atom stereocenters. The quantitative estimate of drug-likeness (QED) is 0.0415. The Kier molecular flexibility index (Phi) is 23.0. The summed E-state index contributed by atoms with van der Waals surface area (Å²) in [7, 11) is 0. The van der Waals surface area contributed by atoms with Gasteiger partial charge in [0.25, 0.3) is 0 Å². The molecular weight excluding hydrogens is 741 g/mol. The van der Waals surface area contributed by atoms with Crippen molar-refractivity contribution in [1.29, 1.82) is 0 Å². The van der Waals surface area contributed by atoms with Crippen molar-refractivity contribution in [2.75, 3.05) is 52.9 Å². The Morgan fingerprint density at radius 3 is 1.09 bits per heavy atom. The number of hydrogen-bond acceptors (Lipinski definition) is 13. The molecule has 0 bridgehead atoms. The standard InChI is InChI=1S/C43H72O12S/c1-9-13-17-21-35(44)48-25-41(7,26-49-36(45)22-18-14-10-2)54-31-43(29-52-39-33(5)56-34(6)40(39)53-30-43)32-55-42(8,27-50-37(46)23-19-15-11-3)28-51-38(47)24-20-16-12-4/h9-32H2,1-8H3. The van der Waals surface area contributed by atoms with E-state index in [1.165, 1.54) is 0 Å². The number of unbranched alkanes of at least 4 members (excludes halogenated alkanes) is 8. The second-order valence-corrected chi connectivity index (χ2v) is 17.3. The lowest BCUT2D eigenvalue weighted by Crippen LogP contribution is -2.51. The largest absolute Gasteiger partial charge is 0.488 e. The number of aryl methyl sites for hydroxylation is 2. The van der Waals surface area contributed by atoms with Crippen LogP contribution in [-0.4, -0.2) is 87.9 Å². The maximum absolute atomic E-state index is 12.7. The first kappa shape index (κ1) is 49.2. The maximum Gasteiger partial charge on any atom is 0.305 e. The van der Waals surface area contributed by atoms with Crippen molar-refractivity contribution in [2.24, 2.45) is 5.41 Å². The summed E-state index contributed by atoms with van der Waals surface area (Å²) in [4.78, 5) is 52.8. The zero-order valence-corrected chi connectivity index (χ0v) is 36.6. The molecule has 1 aliphatic heterocycles. The Bertz CT molecular complexity index is 1180. The molecule has 2 heterocycles. The summed E-state index contributed by atoms with van der Waals surface area (Å²) in [6.45, 7) is 15.4. The molecule has 0 N–H and O–H groups in total. The van der Waals surface area contributed by atoms with Gasteiger partial charge in [0, 0.05) is 35.4 Å². The van der Waals surface area contributed by atoms with E-state index in [9.17, 15) is 19.2 Å². The number of carbonyl (C=O) groups is 4. The van der Waals surface area contributed by atoms with Gasteiger partial charge in [-0.1, -0.05) is 79.1 Å².